The zero-order chi connectivity index (χ0) is 19.2. The van der Waals surface area contributed by atoms with Crippen LogP contribution >= 0.6 is 23.4 Å². The van der Waals surface area contributed by atoms with Gasteiger partial charge in [-0.1, -0.05) is 54.8 Å². The Kier molecular flexibility index (Phi) is 7.01. The van der Waals surface area contributed by atoms with Crippen LogP contribution in [0.3, 0.4) is 0 Å². The minimum atomic E-state index is -0.312. The highest BCUT2D eigenvalue weighted by Crippen LogP contribution is 2.29. The van der Waals surface area contributed by atoms with Gasteiger partial charge in [-0.25, -0.2) is 0 Å². The van der Waals surface area contributed by atoms with E-state index in [9.17, 15) is 4.79 Å². The van der Waals surface area contributed by atoms with Crippen molar-refractivity contribution in [2.75, 3.05) is 5.75 Å². The molecule has 3 rings (SSSR count). The van der Waals surface area contributed by atoms with Gasteiger partial charge in [-0.3, -0.25) is 4.79 Å². The summed E-state index contributed by atoms with van der Waals surface area (Å²) in [6.45, 7) is 1.90. The van der Waals surface area contributed by atoms with Gasteiger partial charge in [0, 0.05) is 13.1 Å². The van der Waals surface area contributed by atoms with Gasteiger partial charge in [0.05, 0.1) is 10.8 Å². The molecular formula is C19H25ClN4O2S. The van der Waals surface area contributed by atoms with E-state index in [0.29, 0.717) is 33.5 Å². The van der Waals surface area contributed by atoms with Crippen molar-refractivity contribution in [3.63, 3.8) is 0 Å². The summed E-state index contributed by atoms with van der Waals surface area (Å²) in [6, 6.07) is 7.66. The van der Waals surface area contributed by atoms with Crippen molar-refractivity contribution in [2.24, 2.45) is 7.05 Å². The Bertz CT molecular complexity index is 777. The number of thioether (sulfide) groups is 1. The largest absolute Gasteiger partial charge is 0.481 e. The highest BCUT2D eigenvalue weighted by Gasteiger charge is 2.20. The van der Waals surface area contributed by atoms with E-state index >= 15 is 0 Å². The first-order valence-electron chi connectivity index (χ1n) is 9.27. The molecule has 0 bridgehead atoms. The van der Waals surface area contributed by atoms with Gasteiger partial charge in [0.15, 0.2) is 17.1 Å². The van der Waals surface area contributed by atoms with Gasteiger partial charge in [0.25, 0.3) is 0 Å². The Balaban J connectivity index is 1.54. The molecule has 2 aromatic rings. The van der Waals surface area contributed by atoms with E-state index in [2.05, 4.69) is 15.5 Å². The predicted octanol–water partition coefficient (Wildman–Crippen LogP) is 4.15. The summed E-state index contributed by atoms with van der Waals surface area (Å²) >= 11 is 7.54. The van der Waals surface area contributed by atoms with Crippen molar-refractivity contribution in [2.45, 2.75) is 56.3 Å². The molecule has 1 aliphatic carbocycles. The first-order chi connectivity index (χ1) is 13.0. The van der Waals surface area contributed by atoms with Crippen LogP contribution in [0, 0.1) is 0 Å². The molecule has 0 aliphatic heterocycles. The normalized spacial score (nSPS) is 16.1. The quantitative estimate of drug-likeness (QED) is 0.697. The number of hydrogen-bond donors (Lipinski definition) is 1. The standard InChI is InChI=1S/C19H25ClN4O2S/c1-13(26-16-11-7-6-10-15(16)20)18-22-23-19(24(18)2)27-12-17(25)21-14-8-4-3-5-9-14/h6-7,10-11,13-14H,3-5,8-9,12H2,1-2H3,(H,21,25)/t13-/m1/s1. The van der Waals surface area contributed by atoms with Gasteiger partial charge < -0.3 is 14.6 Å². The number of nitrogens with zero attached hydrogens (tertiary/aromatic N) is 3. The van der Waals surface area contributed by atoms with Crippen LogP contribution in [0.2, 0.25) is 5.02 Å². The van der Waals surface area contributed by atoms with Crippen LogP contribution in [0.25, 0.3) is 0 Å². The molecule has 1 aromatic heterocycles. The van der Waals surface area contributed by atoms with Gasteiger partial charge in [0.1, 0.15) is 5.75 Å². The number of carbonyl (C=O) groups is 1. The number of halogens is 1. The van der Waals surface area contributed by atoms with E-state index in [-0.39, 0.29) is 12.0 Å². The fourth-order valence-electron chi connectivity index (χ4n) is 3.24. The third-order valence-electron chi connectivity index (χ3n) is 4.68. The van der Waals surface area contributed by atoms with Crippen molar-refractivity contribution >= 4 is 29.3 Å². The first kappa shape index (κ1) is 20.0. The average Bonchev–Trinajstić information content (AvgIpc) is 3.03. The number of hydrogen-bond acceptors (Lipinski definition) is 5. The summed E-state index contributed by atoms with van der Waals surface area (Å²) in [5.74, 6) is 1.68. The van der Waals surface area contributed by atoms with Crippen LogP contribution in [0.15, 0.2) is 29.4 Å². The van der Waals surface area contributed by atoms with E-state index in [0.717, 1.165) is 12.8 Å². The van der Waals surface area contributed by atoms with E-state index in [1.165, 1.54) is 31.0 Å². The summed E-state index contributed by atoms with van der Waals surface area (Å²) in [4.78, 5) is 12.2. The molecule has 0 spiro atoms. The van der Waals surface area contributed by atoms with Gasteiger partial charge in [-0.05, 0) is 31.9 Å². The summed E-state index contributed by atoms with van der Waals surface area (Å²) in [6.07, 6.45) is 5.54. The molecule has 1 heterocycles. The number of aromatic nitrogens is 3. The second kappa shape index (κ2) is 9.46. The number of amides is 1. The maximum Gasteiger partial charge on any atom is 0.230 e. The number of ether oxygens (including phenoxy) is 1. The summed E-state index contributed by atoms with van der Waals surface area (Å²) in [5.41, 5.74) is 0. The lowest BCUT2D eigenvalue weighted by Gasteiger charge is -2.22. The number of benzene rings is 1. The molecule has 0 unspecified atom stereocenters. The lowest BCUT2D eigenvalue weighted by Crippen LogP contribution is -2.37. The maximum atomic E-state index is 12.2. The third kappa shape index (κ3) is 5.39. The Hall–Kier alpha value is -1.73. The minimum absolute atomic E-state index is 0.0526. The molecule has 6 nitrogen and oxygen atoms in total. The highest BCUT2D eigenvalue weighted by atomic mass is 35.5. The Morgan fingerprint density at radius 3 is 2.81 bits per heavy atom. The second-order valence-corrected chi connectivity index (χ2v) is 8.13. The van der Waals surface area contributed by atoms with E-state index in [4.69, 9.17) is 16.3 Å². The molecule has 1 saturated carbocycles. The molecule has 8 heteroatoms. The molecule has 0 saturated heterocycles. The Labute approximate surface area is 169 Å². The Morgan fingerprint density at radius 2 is 2.07 bits per heavy atom. The molecule has 146 valence electrons. The van der Waals surface area contributed by atoms with Crippen LogP contribution in [0.5, 0.6) is 5.75 Å². The van der Waals surface area contributed by atoms with Crippen LogP contribution in [-0.4, -0.2) is 32.5 Å². The predicted molar refractivity (Wildman–Crippen MR) is 107 cm³/mol. The fourth-order valence-corrected chi connectivity index (χ4v) is 4.15. The molecule has 1 N–H and O–H groups in total. The Morgan fingerprint density at radius 1 is 1.33 bits per heavy atom. The molecule has 27 heavy (non-hydrogen) atoms. The summed E-state index contributed by atoms with van der Waals surface area (Å²) < 4.78 is 7.77. The highest BCUT2D eigenvalue weighted by molar-refractivity contribution is 7.99. The maximum absolute atomic E-state index is 12.2. The van der Waals surface area contributed by atoms with Crippen molar-refractivity contribution in [3.8, 4) is 5.75 Å². The number of para-hydroxylation sites is 1. The van der Waals surface area contributed by atoms with Crippen molar-refractivity contribution in [1.29, 1.82) is 0 Å². The van der Waals surface area contributed by atoms with Crippen LogP contribution in [-0.2, 0) is 11.8 Å². The lowest BCUT2D eigenvalue weighted by molar-refractivity contribution is -0.119. The van der Waals surface area contributed by atoms with Crippen molar-refractivity contribution < 1.29 is 9.53 Å². The van der Waals surface area contributed by atoms with Crippen LogP contribution in [0.4, 0.5) is 0 Å². The van der Waals surface area contributed by atoms with Crippen LogP contribution in [0.1, 0.15) is 51.0 Å². The first-order valence-corrected chi connectivity index (χ1v) is 10.6. The number of carbonyl (C=O) groups excluding carboxylic acids is 1. The fraction of sp³-hybridized carbons (Fsp3) is 0.526. The van der Waals surface area contributed by atoms with Gasteiger partial charge in [-0.15, -0.1) is 10.2 Å². The molecule has 1 aromatic carbocycles. The molecule has 1 aliphatic rings. The van der Waals surface area contributed by atoms with E-state index in [1.54, 1.807) is 6.07 Å². The van der Waals surface area contributed by atoms with Crippen LogP contribution < -0.4 is 10.1 Å². The summed E-state index contributed by atoms with van der Waals surface area (Å²) in [7, 11) is 1.88. The SMILES string of the molecule is C[C@@H](Oc1ccccc1Cl)c1nnc(SCC(=O)NC2CCCCC2)n1C. The van der Waals surface area contributed by atoms with Gasteiger partial charge in [-0.2, -0.15) is 0 Å². The van der Waals surface area contributed by atoms with Crippen molar-refractivity contribution in [3.05, 3.63) is 35.1 Å². The topological polar surface area (TPSA) is 69.0 Å². The molecule has 0 radical (unpaired) electrons. The monoisotopic (exact) mass is 408 g/mol. The molecule has 1 fully saturated rings. The lowest BCUT2D eigenvalue weighted by atomic mass is 9.95. The second-order valence-electron chi connectivity index (χ2n) is 6.78. The van der Waals surface area contributed by atoms with Gasteiger partial charge in [0.2, 0.25) is 5.91 Å². The minimum Gasteiger partial charge on any atom is -0.481 e. The summed E-state index contributed by atoms with van der Waals surface area (Å²) in [5, 5.41) is 12.8. The van der Waals surface area contributed by atoms with Gasteiger partial charge >= 0.3 is 0 Å². The molecule has 1 atom stereocenters. The molecule has 1 amide bonds. The zero-order valence-corrected chi connectivity index (χ0v) is 17.2. The number of rotatable bonds is 7. The number of nitrogens with one attached hydrogen (secondary N) is 1. The van der Waals surface area contributed by atoms with Crippen molar-refractivity contribution in [1.82, 2.24) is 20.1 Å². The van der Waals surface area contributed by atoms with E-state index in [1.807, 2.05) is 36.7 Å². The smallest absolute Gasteiger partial charge is 0.230 e. The zero-order valence-electron chi connectivity index (χ0n) is 15.7. The average molecular weight is 409 g/mol. The third-order valence-corrected chi connectivity index (χ3v) is 6.01. The molecular weight excluding hydrogens is 384 g/mol. The van der Waals surface area contributed by atoms with E-state index < -0.39 is 0 Å².